The molecule has 128 valence electrons. The van der Waals surface area contributed by atoms with Crippen molar-refractivity contribution in [3.05, 3.63) is 59.9 Å². The average molecular weight is 333 g/mol. The molecule has 1 aliphatic heterocycles. The van der Waals surface area contributed by atoms with Crippen molar-refractivity contribution in [1.29, 1.82) is 0 Å². The van der Waals surface area contributed by atoms with Crippen LogP contribution >= 0.6 is 0 Å². The third kappa shape index (κ3) is 2.56. The van der Waals surface area contributed by atoms with E-state index in [1.54, 1.807) is 0 Å². The standard InChI is InChI=1S/C20H23N5/c1-14-22-17-9-4-5-10-18(17)25(14)16-8-6-7-15(13-16)20(2)11-12-24(3)19(21)23-20/h4-10,13H,11-12H2,1-3H3,(H2,21,23)/t20-/m0/s1. The largest absolute Gasteiger partial charge is 0.370 e. The molecule has 0 saturated carbocycles. The molecule has 3 aromatic rings. The first kappa shape index (κ1) is 15.7. The molecule has 5 nitrogen and oxygen atoms in total. The van der Waals surface area contributed by atoms with Crippen molar-refractivity contribution in [2.75, 3.05) is 13.6 Å². The van der Waals surface area contributed by atoms with E-state index in [9.17, 15) is 0 Å². The molecule has 0 bridgehead atoms. The Morgan fingerprint density at radius 2 is 1.92 bits per heavy atom. The van der Waals surface area contributed by atoms with Crippen molar-refractivity contribution in [3.63, 3.8) is 0 Å². The molecule has 4 rings (SSSR count). The second-order valence-corrected chi connectivity index (χ2v) is 6.95. The van der Waals surface area contributed by atoms with Gasteiger partial charge in [0.05, 0.1) is 16.6 Å². The molecule has 0 unspecified atom stereocenters. The number of imidazole rings is 1. The third-order valence-corrected chi connectivity index (χ3v) is 5.14. The number of aliphatic imine (C=N–C) groups is 1. The summed E-state index contributed by atoms with van der Waals surface area (Å²) < 4.78 is 2.20. The lowest BCUT2D eigenvalue weighted by molar-refractivity contribution is 0.339. The highest BCUT2D eigenvalue weighted by Crippen LogP contribution is 2.33. The summed E-state index contributed by atoms with van der Waals surface area (Å²) in [6.45, 7) is 5.11. The van der Waals surface area contributed by atoms with E-state index in [1.165, 1.54) is 5.56 Å². The Morgan fingerprint density at radius 3 is 2.72 bits per heavy atom. The normalized spacial score (nSPS) is 20.8. The summed E-state index contributed by atoms with van der Waals surface area (Å²) in [4.78, 5) is 11.4. The number of fused-ring (bicyclic) bond motifs is 1. The second-order valence-electron chi connectivity index (χ2n) is 6.95. The number of nitrogens with two attached hydrogens (primary N) is 1. The molecular formula is C20H23N5. The molecule has 0 radical (unpaired) electrons. The Balaban J connectivity index is 1.84. The second kappa shape index (κ2) is 5.62. The molecule has 1 aliphatic rings. The number of aromatic nitrogens is 2. The van der Waals surface area contributed by atoms with Crippen LogP contribution < -0.4 is 5.73 Å². The first-order valence-electron chi connectivity index (χ1n) is 8.59. The van der Waals surface area contributed by atoms with E-state index >= 15 is 0 Å². The topological polar surface area (TPSA) is 59.4 Å². The zero-order valence-electron chi connectivity index (χ0n) is 14.9. The van der Waals surface area contributed by atoms with Gasteiger partial charge in [0.15, 0.2) is 5.96 Å². The summed E-state index contributed by atoms with van der Waals surface area (Å²) >= 11 is 0. The Labute approximate surface area is 147 Å². The van der Waals surface area contributed by atoms with Crippen molar-refractivity contribution in [2.45, 2.75) is 25.8 Å². The zero-order valence-corrected chi connectivity index (χ0v) is 14.9. The Bertz CT molecular complexity index is 971. The number of hydrogen-bond donors (Lipinski definition) is 1. The molecule has 0 amide bonds. The van der Waals surface area contributed by atoms with Gasteiger partial charge in [-0.15, -0.1) is 0 Å². The number of para-hydroxylation sites is 2. The minimum atomic E-state index is -0.295. The SMILES string of the molecule is Cc1nc2ccccc2n1-c1cccc([C@]2(C)CCN(C)C(N)=N2)c1. The minimum absolute atomic E-state index is 0.295. The van der Waals surface area contributed by atoms with Gasteiger partial charge in [-0.1, -0.05) is 24.3 Å². The van der Waals surface area contributed by atoms with E-state index in [-0.39, 0.29) is 5.54 Å². The Morgan fingerprint density at radius 1 is 1.12 bits per heavy atom. The van der Waals surface area contributed by atoms with Gasteiger partial charge in [0, 0.05) is 19.3 Å². The van der Waals surface area contributed by atoms with Crippen LogP contribution in [0.2, 0.25) is 0 Å². The number of benzene rings is 2. The lowest BCUT2D eigenvalue weighted by Crippen LogP contribution is -2.44. The summed E-state index contributed by atoms with van der Waals surface area (Å²) in [7, 11) is 1.98. The van der Waals surface area contributed by atoms with Crippen LogP contribution in [0.4, 0.5) is 0 Å². The van der Waals surface area contributed by atoms with Crippen LogP contribution in [-0.4, -0.2) is 34.0 Å². The lowest BCUT2D eigenvalue weighted by Gasteiger charge is -2.35. The molecule has 0 aliphatic carbocycles. The van der Waals surface area contributed by atoms with Crippen LogP contribution in [0, 0.1) is 6.92 Å². The quantitative estimate of drug-likeness (QED) is 0.783. The van der Waals surface area contributed by atoms with Crippen LogP contribution in [0.1, 0.15) is 24.7 Å². The maximum absolute atomic E-state index is 6.08. The van der Waals surface area contributed by atoms with Gasteiger partial charge in [0.1, 0.15) is 5.82 Å². The predicted molar refractivity (Wildman–Crippen MR) is 102 cm³/mol. The molecule has 2 N–H and O–H groups in total. The first-order chi connectivity index (χ1) is 12.0. The van der Waals surface area contributed by atoms with Gasteiger partial charge in [-0.05, 0) is 50.1 Å². The molecule has 2 aromatic carbocycles. The molecule has 1 aromatic heterocycles. The number of nitrogens with zero attached hydrogens (tertiary/aromatic N) is 4. The maximum atomic E-state index is 6.08. The van der Waals surface area contributed by atoms with Gasteiger partial charge in [0.25, 0.3) is 0 Å². The maximum Gasteiger partial charge on any atom is 0.191 e. The highest BCUT2D eigenvalue weighted by Gasteiger charge is 2.31. The zero-order chi connectivity index (χ0) is 17.6. The highest BCUT2D eigenvalue weighted by atomic mass is 15.3. The van der Waals surface area contributed by atoms with Gasteiger partial charge >= 0.3 is 0 Å². The van der Waals surface area contributed by atoms with Crippen molar-refractivity contribution in [3.8, 4) is 5.69 Å². The van der Waals surface area contributed by atoms with Crippen molar-refractivity contribution < 1.29 is 0 Å². The molecule has 25 heavy (non-hydrogen) atoms. The fourth-order valence-electron chi connectivity index (χ4n) is 3.56. The van der Waals surface area contributed by atoms with E-state index < -0.39 is 0 Å². The molecule has 1 atom stereocenters. The smallest absolute Gasteiger partial charge is 0.191 e. The van der Waals surface area contributed by atoms with Crippen LogP contribution in [0.5, 0.6) is 0 Å². The molecule has 5 heteroatoms. The highest BCUT2D eigenvalue weighted by molar-refractivity contribution is 5.79. The molecule has 0 saturated heterocycles. The van der Waals surface area contributed by atoms with Crippen LogP contribution in [0.3, 0.4) is 0 Å². The summed E-state index contributed by atoms with van der Waals surface area (Å²) in [6.07, 6.45) is 0.942. The van der Waals surface area contributed by atoms with E-state index in [4.69, 9.17) is 10.7 Å². The van der Waals surface area contributed by atoms with Crippen LogP contribution in [0.25, 0.3) is 16.7 Å². The molecule has 0 fully saturated rings. The van der Waals surface area contributed by atoms with Gasteiger partial charge in [-0.25, -0.2) is 9.98 Å². The number of rotatable bonds is 2. The van der Waals surface area contributed by atoms with Gasteiger partial charge < -0.3 is 10.6 Å². The summed E-state index contributed by atoms with van der Waals surface area (Å²) in [5.41, 5.74) is 10.2. The van der Waals surface area contributed by atoms with Crippen LogP contribution in [0.15, 0.2) is 53.5 Å². The predicted octanol–water partition coefficient (Wildman–Crippen LogP) is 3.20. The molecule has 0 spiro atoms. The summed E-state index contributed by atoms with van der Waals surface area (Å²) in [5.74, 6) is 1.58. The fourth-order valence-corrected chi connectivity index (χ4v) is 3.56. The first-order valence-corrected chi connectivity index (χ1v) is 8.59. The monoisotopic (exact) mass is 333 g/mol. The van der Waals surface area contributed by atoms with E-state index in [2.05, 4.69) is 46.8 Å². The average Bonchev–Trinajstić information content (AvgIpc) is 2.94. The minimum Gasteiger partial charge on any atom is -0.370 e. The number of guanidine groups is 1. The van der Waals surface area contributed by atoms with Gasteiger partial charge in [-0.3, -0.25) is 4.57 Å². The van der Waals surface area contributed by atoms with E-state index in [0.717, 1.165) is 35.5 Å². The van der Waals surface area contributed by atoms with Gasteiger partial charge in [-0.2, -0.15) is 0 Å². The summed E-state index contributed by atoms with van der Waals surface area (Å²) in [5, 5.41) is 0. The van der Waals surface area contributed by atoms with Gasteiger partial charge in [0.2, 0.25) is 0 Å². The van der Waals surface area contributed by atoms with Crippen molar-refractivity contribution >= 4 is 17.0 Å². The Hall–Kier alpha value is -2.82. The fraction of sp³-hybridized carbons (Fsp3) is 0.300. The third-order valence-electron chi connectivity index (χ3n) is 5.14. The summed E-state index contributed by atoms with van der Waals surface area (Å²) in [6, 6.07) is 16.8. The van der Waals surface area contributed by atoms with Crippen molar-refractivity contribution in [1.82, 2.24) is 14.5 Å². The van der Waals surface area contributed by atoms with E-state index in [0.29, 0.717) is 5.96 Å². The lowest BCUT2D eigenvalue weighted by atomic mass is 9.88. The number of aryl methyl sites for hydroxylation is 1. The van der Waals surface area contributed by atoms with Crippen LogP contribution in [-0.2, 0) is 5.54 Å². The Kier molecular flexibility index (Phi) is 3.53. The molecular weight excluding hydrogens is 310 g/mol. The van der Waals surface area contributed by atoms with E-state index in [1.807, 2.05) is 37.1 Å². The molecule has 2 heterocycles. The van der Waals surface area contributed by atoms with Crippen molar-refractivity contribution in [2.24, 2.45) is 10.7 Å². The number of hydrogen-bond acceptors (Lipinski definition) is 4.